The predicted molar refractivity (Wildman–Crippen MR) is 158 cm³/mol. The molecule has 212 valence electrons. The van der Waals surface area contributed by atoms with E-state index >= 15 is 0 Å². The second-order valence-electron chi connectivity index (χ2n) is 12.0. The summed E-state index contributed by atoms with van der Waals surface area (Å²) in [5.74, 6) is 0.199. The summed E-state index contributed by atoms with van der Waals surface area (Å²) in [6, 6.07) is 8.52. The molecule has 1 amide bonds. The van der Waals surface area contributed by atoms with Gasteiger partial charge in [0, 0.05) is 35.0 Å². The van der Waals surface area contributed by atoms with Crippen LogP contribution in [-0.4, -0.2) is 36.5 Å². The molecule has 1 unspecified atom stereocenters. The van der Waals surface area contributed by atoms with Crippen LogP contribution in [0.2, 0.25) is 0 Å². The number of amides is 1. The van der Waals surface area contributed by atoms with Crippen molar-refractivity contribution < 1.29 is 9.32 Å². The first kappa shape index (κ1) is 27.1. The molecule has 1 aromatic carbocycles. The normalized spacial score (nSPS) is 16.9. The Morgan fingerprint density at radius 1 is 1.12 bits per heavy atom. The lowest BCUT2D eigenvalue weighted by Crippen LogP contribution is -2.29. The molecule has 4 heterocycles. The van der Waals surface area contributed by atoms with E-state index in [0.717, 1.165) is 90.1 Å². The Labute approximate surface area is 240 Å². The van der Waals surface area contributed by atoms with Crippen molar-refractivity contribution in [2.24, 2.45) is 4.99 Å². The maximum Gasteiger partial charge on any atom is 0.315 e. The average Bonchev–Trinajstić information content (AvgIpc) is 3.56. The number of carbonyl (C=O) groups excluding carboxylic acids is 1. The number of nitrogens with zero attached hydrogens (tertiary/aromatic N) is 6. The van der Waals surface area contributed by atoms with Gasteiger partial charge in [-0.2, -0.15) is 10.1 Å². The highest BCUT2D eigenvalue weighted by Gasteiger charge is 2.28. The van der Waals surface area contributed by atoms with E-state index in [1.165, 1.54) is 5.56 Å². The van der Waals surface area contributed by atoms with Gasteiger partial charge in [-0.3, -0.25) is 19.5 Å². The third-order valence-corrected chi connectivity index (χ3v) is 8.17. The van der Waals surface area contributed by atoms with Crippen LogP contribution in [0.4, 0.5) is 5.69 Å². The van der Waals surface area contributed by atoms with Crippen LogP contribution in [0.15, 0.2) is 46.2 Å². The standard InChI is InChI=1S/C32H37N7O2/c1-6-39-19(2)24(18-34-39)26-13-14-27-28(35-26)23(15-16-33-27)21-11-12-22-20(17-21)9-7-8-10-25(22)36-29(40)30-37-31(38-41-30)32(3,4)5/h11-12,15-18,25H,6-10,13-14H2,1-5H3,(H,36,40). The van der Waals surface area contributed by atoms with Gasteiger partial charge in [-0.25, -0.2) is 0 Å². The fourth-order valence-corrected chi connectivity index (χ4v) is 5.85. The fraction of sp³-hybridized carbons (Fsp3) is 0.438. The molecule has 2 aliphatic rings. The van der Waals surface area contributed by atoms with E-state index in [1.54, 1.807) is 0 Å². The lowest BCUT2D eigenvalue weighted by atomic mass is 9.92. The molecule has 0 fully saturated rings. The van der Waals surface area contributed by atoms with Crippen LogP contribution in [0.5, 0.6) is 0 Å². The van der Waals surface area contributed by atoms with Gasteiger partial charge in [-0.05, 0) is 68.7 Å². The minimum Gasteiger partial charge on any atom is -0.341 e. The third-order valence-electron chi connectivity index (χ3n) is 8.17. The number of aryl methyl sites for hydroxylation is 3. The van der Waals surface area contributed by atoms with Crippen molar-refractivity contribution in [3.63, 3.8) is 0 Å². The molecule has 0 spiro atoms. The van der Waals surface area contributed by atoms with Crippen LogP contribution < -0.4 is 5.32 Å². The summed E-state index contributed by atoms with van der Waals surface area (Å²) < 4.78 is 7.32. The summed E-state index contributed by atoms with van der Waals surface area (Å²) in [6.45, 7) is 11.0. The van der Waals surface area contributed by atoms with Crippen molar-refractivity contribution in [3.05, 3.63) is 76.5 Å². The zero-order valence-corrected chi connectivity index (χ0v) is 24.5. The molecule has 0 radical (unpaired) electrons. The Balaban J connectivity index is 1.31. The average molecular weight is 552 g/mol. The topological polar surface area (TPSA) is 111 Å². The predicted octanol–water partition coefficient (Wildman–Crippen LogP) is 6.22. The Bertz CT molecular complexity index is 1640. The smallest absolute Gasteiger partial charge is 0.315 e. The number of pyridine rings is 1. The lowest BCUT2D eigenvalue weighted by Gasteiger charge is -2.21. The van der Waals surface area contributed by atoms with Crippen LogP contribution in [-0.2, 0) is 24.8 Å². The van der Waals surface area contributed by atoms with E-state index < -0.39 is 0 Å². The molecule has 9 heteroatoms. The second kappa shape index (κ2) is 10.7. The number of nitrogens with one attached hydrogen (secondary N) is 1. The van der Waals surface area contributed by atoms with E-state index in [2.05, 4.69) is 63.7 Å². The first-order valence-corrected chi connectivity index (χ1v) is 14.6. The molecule has 1 N–H and O–H groups in total. The van der Waals surface area contributed by atoms with Crippen molar-refractivity contribution in [2.45, 2.75) is 91.1 Å². The van der Waals surface area contributed by atoms with Gasteiger partial charge in [0.25, 0.3) is 0 Å². The van der Waals surface area contributed by atoms with Crippen molar-refractivity contribution in [3.8, 4) is 11.1 Å². The third kappa shape index (κ3) is 5.21. The highest BCUT2D eigenvalue weighted by Crippen LogP contribution is 2.39. The monoisotopic (exact) mass is 551 g/mol. The maximum atomic E-state index is 13.1. The number of fused-ring (bicyclic) bond motifs is 2. The lowest BCUT2D eigenvalue weighted by molar-refractivity contribution is 0.0890. The Morgan fingerprint density at radius 3 is 2.73 bits per heavy atom. The van der Waals surface area contributed by atoms with E-state index in [-0.39, 0.29) is 23.3 Å². The van der Waals surface area contributed by atoms with Crippen LogP contribution >= 0.6 is 0 Å². The van der Waals surface area contributed by atoms with Crippen LogP contribution in [0.3, 0.4) is 0 Å². The fourth-order valence-electron chi connectivity index (χ4n) is 5.85. The van der Waals surface area contributed by atoms with Crippen LogP contribution in [0, 0.1) is 6.92 Å². The van der Waals surface area contributed by atoms with Crippen LogP contribution in [0.25, 0.3) is 11.1 Å². The number of aromatic nitrogens is 5. The van der Waals surface area contributed by atoms with Gasteiger partial charge in [0.1, 0.15) is 0 Å². The number of aliphatic imine (C=N–C) groups is 1. The number of benzene rings is 1. The number of hydrogen-bond acceptors (Lipinski definition) is 7. The van der Waals surface area contributed by atoms with Crippen molar-refractivity contribution >= 4 is 17.3 Å². The summed E-state index contributed by atoms with van der Waals surface area (Å²) in [5.41, 5.74) is 9.60. The minimum atomic E-state index is -0.332. The maximum absolute atomic E-state index is 13.1. The second-order valence-corrected chi connectivity index (χ2v) is 12.0. The molecule has 0 saturated carbocycles. The van der Waals surface area contributed by atoms with Crippen molar-refractivity contribution in [2.75, 3.05) is 0 Å². The van der Waals surface area contributed by atoms with Gasteiger partial charge in [-0.15, -0.1) is 0 Å². The molecule has 41 heavy (non-hydrogen) atoms. The molecular formula is C32H37N7O2. The number of rotatable bonds is 5. The minimum absolute atomic E-state index is 0.00846. The molecule has 0 saturated heterocycles. The van der Waals surface area contributed by atoms with E-state index in [0.29, 0.717) is 5.82 Å². The molecule has 9 nitrogen and oxygen atoms in total. The quantitative estimate of drug-likeness (QED) is 0.295. The Morgan fingerprint density at radius 2 is 1.98 bits per heavy atom. The van der Waals surface area contributed by atoms with Crippen molar-refractivity contribution in [1.29, 1.82) is 0 Å². The Kier molecular flexibility index (Phi) is 7.05. The molecular weight excluding hydrogens is 514 g/mol. The highest BCUT2D eigenvalue weighted by atomic mass is 16.5. The first-order valence-electron chi connectivity index (χ1n) is 14.6. The van der Waals surface area contributed by atoms with Gasteiger partial charge in [0.2, 0.25) is 0 Å². The molecule has 1 aliphatic heterocycles. The molecule has 3 aromatic heterocycles. The highest BCUT2D eigenvalue weighted by molar-refractivity contribution is 6.05. The van der Waals surface area contributed by atoms with Gasteiger partial charge in [0.05, 0.1) is 29.3 Å². The van der Waals surface area contributed by atoms with Gasteiger partial charge in [0.15, 0.2) is 5.82 Å². The largest absolute Gasteiger partial charge is 0.341 e. The summed E-state index contributed by atoms with van der Waals surface area (Å²) in [4.78, 5) is 27.3. The molecule has 1 atom stereocenters. The van der Waals surface area contributed by atoms with E-state index in [1.807, 2.05) is 37.8 Å². The van der Waals surface area contributed by atoms with Gasteiger partial charge in [-0.1, -0.05) is 50.5 Å². The van der Waals surface area contributed by atoms with E-state index in [9.17, 15) is 4.79 Å². The van der Waals surface area contributed by atoms with E-state index in [4.69, 9.17) is 9.52 Å². The van der Waals surface area contributed by atoms with Crippen molar-refractivity contribution in [1.82, 2.24) is 30.2 Å². The number of carbonyl (C=O) groups is 1. The molecule has 4 aromatic rings. The van der Waals surface area contributed by atoms with Crippen LogP contribution in [0.1, 0.15) is 104 Å². The molecule has 6 rings (SSSR count). The summed E-state index contributed by atoms with van der Waals surface area (Å²) >= 11 is 0. The zero-order chi connectivity index (χ0) is 28.7. The Hall–Kier alpha value is -4.14. The summed E-state index contributed by atoms with van der Waals surface area (Å²) in [5, 5.41) is 11.7. The van der Waals surface area contributed by atoms with Gasteiger partial charge < -0.3 is 9.84 Å². The SMILES string of the molecule is CCn1ncc(C2=Nc3c(-c4ccc5c(c4)CCCCC5NC(=O)c4nc(C(C)(C)C)no4)ccnc3CC2)c1C. The summed E-state index contributed by atoms with van der Waals surface area (Å²) in [6.07, 6.45) is 9.44. The molecule has 0 bridgehead atoms. The first-order chi connectivity index (χ1) is 19.7. The molecule has 1 aliphatic carbocycles. The summed E-state index contributed by atoms with van der Waals surface area (Å²) in [7, 11) is 0. The number of hydrogen-bond donors (Lipinski definition) is 1. The zero-order valence-electron chi connectivity index (χ0n) is 24.5. The van der Waals surface area contributed by atoms with Gasteiger partial charge >= 0.3 is 11.8 Å².